The van der Waals surface area contributed by atoms with Crippen molar-refractivity contribution >= 4 is 16.7 Å². The largest absolute Gasteiger partial charge is 0.478 e. The van der Waals surface area contributed by atoms with E-state index in [0.717, 1.165) is 11.5 Å². The van der Waals surface area contributed by atoms with Gasteiger partial charge in [-0.1, -0.05) is 36.4 Å². The molecule has 21 heavy (non-hydrogen) atoms. The molecule has 0 atom stereocenters. The molecule has 3 aromatic carbocycles. The third-order valence-electron chi connectivity index (χ3n) is 3.37. The summed E-state index contributed by atoms with van der Waals surface area (Å²) in [6.07, 6.45) is 0. The molecule has 0 heterocycles. The zero-order valence-corrected chi connectivity index (χ0v) is 10.8. The van der Waals surface area contributed by atoms with E-state index in [2.05, 4.69) is 0 Å². The highest BCUT2D eigenvalue weighted by molar-refractivity contribution is 6.01. The maximum atomic E-state index is 14.0. The molecule has 0 bridgehead atoms. The lowest BCUT2D eigenvalue weighted by Gasteiger charge is -2.09. The van der Waals surface area contributed by atoms with Crippen molar-refractivity contribution in [3.63, 3.8) is 0 Å². The molecule has 0 fully saturated rings. The van der Waals surface area contributed by atoms with Crippen molar-refractivity contribution in [3.05, 3.63) is 71.8 Å². The van der Waals surface area contributed by atoms with Crippen molar-refractivity contribution in [3.8, 4) is 11.1 Å². The number of carboxylic acid groups (broad SMARTS) is 1. The van der Waals surface area contributed by atoms with Crippen LogP contribution in [0.4, 0.5) is 8.78 Å². The number of hydrogen-bond acceptors (Lipinski definition) is 1. The summed E-state index contributed by atoms with van der Waals surface area (Å²) in [6, 6.07) is 13.7. The monoisotopic (exact) mass is 284 g/mol. The molecule has 0 saturated carbocycles. The van der Waals surface area contributed by atoms with Crippen LogP contribution >= 0.6 is 0 Å². The minimum atomic E-state index is -1.06. The van der Waals surface area contributed by atoms with Crippen molar-refractivity contribution in [2.45, 2.75) is 0 Å². The number of carboxylic acids is 1. The second-order valence-corrected chi connectivity index (χ2v) is 4.65. The van der Waals surface area contributed by atoms with Crippen molar-refractivity contribution in [1.29, 1.82) is 0 Å². The number of benzene rings is 3. The van der Waals surface area contributed by atoms with Crippen LogP contribution < -0.4 is 0 Å². The van der Waals surface area contributed by atoms with Crippen molar-refractivity contribution in [2.75, 3.05) is 0 Å². The number of hydrogen-bond donors (Lipinski definition) is 1. The molecule has 0 aliphatic rings. The van der Waals surface area contributed by atoms with Gasteiger partial charge in [0.25, 0.3) is 0 Å². The summed E-state index contributed by atoms with van der Waals surface area (Å²) in [5.74, 6) is -2.93. The lowest BCUT2D eigenvalue weighted by molar-refractivity contribution is 0.0697. The first-order chi connectivity index (χ1) is 10.1. The van der Waals surface area contributed by atoms with Crippen LogP contribution in [-0.4, -0.2) is 11.1 Å². The van der Waals surface area contributed by atoms with Crippen LogP contribution in [0.3, 0.4) is 0 Å². The van der Waals surface area contributed by atoms with Gasteiger partial charge in [-0.2, -0.15) is 0 Å². The van der Waals surface area contributed by atoms with Crippen LogP contribution in [0, 0.1) is 11.6 Å². The Balaban J connectivity index is 2.34. The molecule has 0 aliphatic heterocycles. The van der Waals surface area contributed by atoms with Gasteiger partial charge in [-0.3, -0.25) is 0 Å². The second-order valence-electron chi connectivity index (χ2n) is 4.65. The zero-order chi connectivity index (χ0) is 15.0. The molecule has 0 aromatic heterocycles. The van der Waals surface area contributed by atoms with Gasteiger partial charge in [-0.25, -0.2) is 13.6 Å². The Morgan fingerprint density at radius 3 is 2.38 bits per heavy atom. The van der Waals surface area contributed by atoms with E-state index in [0.29, 0.717) is 10.9 Å². The third kappa shape index (κ3) is 2.25. The molecule has 104 valence electrons. The fourth-order valence-corrected chi connectivity index (χ4v) is 2.35. The predicted octanol–water partition coefficient (Wildman–Crippen LogP) is 4.48. The maximum Gasteiger partial charge on any atom is 0.335 e. The molecule has 4 heteroatoms. The topological polar surface area (TPSA) is 37.3 Å². The summed E-state index contributed by atoms with van der Waals surface area (Å²) in [7, 11) is 0. The van der Waals surface area contributed by atoms with Gasteiger partial charge in [0.05, 0.1) is 5.56 Å². The van der Waals surface area contributed by atoms with Crippen molar-refractivity contribution in [1.82, 2.24) is 0 Å². The van der Waals surface area contributed by atoms with E-state index in [1.165, 1.54) is 24.3 Å². The second kappa shape index (κ2) is 4.98. The molecule has 0 saturated heterocycles. The first-order valence-electron chi connectivity index (χ1n) is 6.28. The highest BCUT2D eigenvalue weighted by Gasteiger charge is 2.13. The third-order valence-corrected chi connectivity index (χ3v) is 3.37. The predicted molar refractivity (Wildman–Crippen MR) is 76.3 cm³/mol. The standard InChI is InChI=1S/C17H10F2O2/c18-15-6-2-5-13(16(15)19)12-4-1-3-10-7-8-11(17(20)21)9-14(10)12/h1-9H,(H,20,21). The summed E-state index contributed by atoms with van der Waals surface area (Å²) < 4.78 is 27.4. The molecule has 0 aliphatic carbocycles. The van der Waals surface area contributed by atoms with Gasteiger partial charge in [-0.15, -0.1) is 0 Å². The molecule has 0 unspecified atom stereocenters. The van der Waals surface area contributed by atoms with E-state index in [1.54, 1.807) is 24.3 Å². The van der Waals surface area contributed by atoms with Crippen LogP contribution in [0.25, 0.3) is 21.9 Å². The normalized spacial score (nSPS) is 10.8. The quantitative estimate of drug-likeness (QED) is 0.753. The SMILES string of the molecule is O=C(O)c1ccc2cccc(-c3cccc(F)c3F)c2c1. The molecule has 3 rings (SSSR count). The van der Waals surface area contributed by atoms with Crippen LogP contribution in [0.15, 0.2) is 54.6 Å². The molecule has 1 N–H and O–H groups in total. The van der Waals surface area contributed by atoms with E-state index in [1.807, 2.05) is 0 Å². The molecular weight excluding hydrogens is 274 g/mol. The van der Waals surface area contributed by atoms with Gasteiger partial charge in [0.15, 0.2) is 11.6 Å². The molecular formula is C17H10F2O2. The Hall–Kier alpha value is -2.75. The molecule has 0 spiro atoms. The summed E-state index contributed by atoms with van der Waals surface area (Å²) in [5.41, 5.74) is 0.683. The first-order valence-corrected chi connectivity index (χ1v) is 6.28. The lowest BCUT2D eigenvalue weighted by atomic mass is 9.96. The van der Waals surface area contributed by atoms with E-state index in [-0.39, 0.29) is 11.1 Å². The summed E-state index contributed by atoms with van der Waals surface area (Å²) in [5, 5.41) is 10.4. The summed E-state index contributed by atoms with van der Waals surface area (Å²) in [6.45, 7) is 0. The first kappa shape index (κ1) is 13.2. The number of rotatable bonds is 2. The van der Waals surface area contributed by atoms with Crippen molar-refractivity contribution in [2.24, 2.45) is 0 Å². The maximum absolute atomic E-state index is 14.0. The molecule has 2 nitrogen and oxygen atoms in total. The van der Waals surface area contributed by atoms with E-state index in [4.69, 9.17) is 5.11 Å². The van der Waals surface area contributed by atoms with E-state index < -0.39 is 17.6 Å². The van der Waals surface area contributed by atoms with Crippen molar-refractivity contribution < 1.29 is 18.7 Å². The van der Waals surface area contributed by atoms with Crippen LogP contribution in [0.2, 0.25) is 0 Å². The Morgan fingerprint density at radius 2 is 1.62 bits per heavy atom. The Labute approximate surface area is 119 Å². The van der Waals surface area contributed by atoms with Gasteiger partial charge in [0, 0.05) is 5.56 Å². The minimum Gasteiger partial charge on any atom is -0.478 e. The molecule has 3 aromatic rings. The molecule has 0 radical (unpaired) electrons. The number of carbonyl (C=O) groups is 1. The number of fused-ring (bicyclic) bond motifs is 1. The smallest absolute Gasteiger partial charge is 0.335 e. The van der Waals surface area contributed by atoms with Gasteiger partial charge in [0.2, 0.25) is 0 Å². The Morgan fingerprint density at radius 1 is 0.905 bits per heavy atom. The van der Waals surface area contributed by atoms with Crippen LogP contribution in [0.5, 0.6) is 0 Å². The van der Waals surface area contributed by atoms with Crippen LogP contribution in [-0.2, 0) is 0 Å². The van der Waals surface area contributed by atoms with Gasteiger partial charge >= 0.3 is 5.97 Å². The lowest BCUT2D eigenvalue weighted by Crippen LogP contribution is -1.96. The summed E-state index contributed by atoms with van der Waals surface area (Å²) >= 11 is 0. The highest BCUT2D eigenvalue weighted by Crippen LogP contribution is 2.31. The highest BCUT2D eigenvalue weighted by atomic mass is 19.2. The summed E-state index contributed by atoms with van der Waals surface area (Å²) in [4.78, 5) is 11.1. The molecule has 0 amide bonds. The van der Waals surface area contributed by atoms with E-state index >= 15 is 0 Å². The zero-order valence-electron chi connectivity index (χ0n) is 10.8. The van der Waals surface area contributed by atoms with Gasteiger partial charge < -0.3 is 5.11 Å². The van der Waals surface area contributed by atoms with Gasteiger partial charge in [0.1, 0.15) is 0 Å². The minimum absolute atomic E-state index is 0.103. The fourth-order valence-electron chi connectivity index (χ4n) is 2.35. The Bertz CT molecular complexity index is 857. The van der Waals surface area contributed by atoms with Crippen LogP contribution in [0.1, 0.15) is 10.4 Å². The van der Waals surface area contributed by atoms with E-state index in [9.17, 15) is 13.6 Å². The number of halogens is 2. The average molecular weight is 284 g/mol. The average Bonchev–Trinajstić information content (AvgIpc) is 2.49. The fraction of sp³-hybridized carbons (Fsp3) is 0. The number of aromatic carboxylic acids is 1. The van der Waals surface area contributed by atoms with Gasteiger partial charge in [-0.05, 0) is 34.5 Å². The Kier molecular flexibility index (Phi) is 3.14.